The van der Waals surface area contributed by atoms with Crippen LogP contribution in [-0.2, 0) is 4.74 Å². The molecule has 4 heteroatoms. The lowest BCUT2D eigenvalue weighted by molar-refractivity contribution is -0.0617. The highest BCUT2D eigenvalue weighted by Gasteiger charge is 2.41. The lowest BCUT2D eigenvalue weighted by Gasteiger charge is -2.33. The molecule has 4 nitrogen and oxygen atoms in total. The van der Waals surface area contributed by atoms with Crippen LogP contribution in [-0.4, -0.2) is 46.3 Å². The van der Waals surface area contributed by atoms with Gasteiger partial charge in [0, 0.05) is 0 Å². The minimum Gasteiger partial charge on any atom is -0.390 e. The Bertz CT molecular complexity index is 295. The van der Waals surface area contributed by atoms with Crippen molar-refractivity contribution in [1.29, 1.82) is 0 Å². The maximum absolute atomic E-state index is 9.90. The lowest BCUT2D eigenvalue weighted by Crippen LogP contribution is -2.33. The van der Waals surface area contributed by atoms with Crippen LogP contribution in [0.15, 0.2) is 0 Å². The van der Waals surface area contributed by atoms with Crippen molar-refractivity contribution in [2.75, 3.05) is 6.61 Å². The third-order valence-electron chi connectivity index (χ3n) is 4.98. The quantitative estimate of drug-likeness (QED) is 0.722. The predicted molar refractivity (Wildman–Crippen MR) is 72.7 cm³/mol. The zero-order valence-electron chi connectivity index (χ0n) is 12.2. The largest absolute Gasteiger partial charge is 0.390 e. The third-order valence-corrected chi connectivity index (χ3v) is 4.98. The summed E-state index contributed by atoms with van der Waals surface area (Å²) in [6.45, 7) is 6.95. The van der Waals surface area contributed by atoms with Crippen molar-refractivity contribution < 1.29 is 20.1 Å². The molecule has 2 aliphatic carbocycles. The number of aliphatic hydroxyl groups excluding tert-OH is 3. The van der Waals surface area contributed by atoms with Crippen molar-refractivity contribution in [2.24, 2.45) is 17.3 Å². The predicted octanol–water partition coefficient (Wildman–Crippen LogP) is 1.32. The van der Waals surface area contributed by atoms with E-state index >= 15 is 0 Å². The van der Waals surface area contributed by atoms with E-state index in [1.54, 1.807) is 0 Å². The van der Waals surface area contributed by atoms with Gasteiger partial charge in [0.25, 0.3) is 0 Å². The molecule has 0 aromatic heterocycles. The van der Waals surface area contributed by atoms with Crippen LogP contribution in [0.3, 0.4) is 0 Å². The van der Waals surface area contributed by atoms with Gasteiger partial charge in [0.05, 0.1) is 31.0 Å². The molecule has 0 aromatic rings. The summed E-state index contributed by atoms with van der Waals surface area (Å²) >= 11 is 0. The van der Waals surface area contributed by atoms with E-state index in [9.17, 15) is 15.3 Å². The van der Waals surface area contributed by atoms with E-state index in [0.717, 1.165) is 12.8 Å². The van der Waals surface area contributed by atoms with Crippen LogP contribution in [0, 0.1) is 17.3 Å². The van der Waals surface area contributed by atoms with E-state index in [-0.39, 0.29) is 23.5 Å². The van der Waals surface area contributed by atoms with Crippen LogP contribution in [0.1, 0.15) is 46.5 Å². The second-order valence-electron chi connectivity index (χ2n) is 7.28. The van der Waals surface area contributed by atoms with Gasteiger partial charge in [-0.1, -0.05) is 20.8 Å². The Kier molecular flexibility index (Phi) is 4.56. The van der Waals surface area contributed by atoms with Crippen molar-refractivity contribution in [3.8, 4) is 0 Å². The summed E-state index contributed by atoms with van der Waals surface area (Å²) < 4.78 is 5.92. The summed E-state index contributed by atoms with van der Waals surface area (Å²) in [5.41, 5.74) is -0.0794. The van der Waals surface area contributed by atoms with Crippen LogP contribution < -0.4 is 0 Å². The summed E-state index contributed by atoms with van der Waals surface area (Å²) in [6, 6.07) is 0. The van der Waals surface area contributed by atoms with Gasteiger partial charge >= 0.3 is 0 Å². The van der Waals surface area contributed by atoms with Crippen molar-refractivity contribution in [2.45, 2.75) is 70.9 Å². The number of rotatable bonds is 4. The molecule has 0 aliphatic heterocycles. The topological polar surface area (TPSA) is 69.9 Å². The highest BCUT2D eigenvalue weighted by atomic mass is 16.5. The van der Waals surface area contributed by atoms with Gasteiger partial charge in [0.15, 0.2) is 0 Å². The molecular formula is C15H28O4. The SMILES string of the molecule is C[C@H]1C[C@@H](O)[C@@H](OCC(C)(C)[C@@H]2C[C@@H](O)[C@@H](O)C2)C1. The summed E-state index contributed by atoms with van der Waals surface area (Å²) in [5, 5.41) is 29.2. The molecule has 0 spiro atoms. The first-order chi connectivity index (χ1) is 8.79. The van der Waals surface area contributed by atoms with Crippen LogP contribution in [0.25, 0.3) is 0 Å². The fourth-order valence-electron chi connectivity index (χ4n) is 3.46. The van der Waals surface area contributed by atoms with Crippen LogP contribution in [0.4, 0.5) is 0 Å². The van der Waals surface area contributed by atoms with E-state index in [4.69, 9.17) is 4.74 Å². The fourth-order valence-corrected chi connectivity index (χ4v) is 3.46. The number of ether oxygens (including phenoxy) is 1. The minimum absolute atomic E-state index is 0.0504. The molecule has 112 valence electrons. The average molecular weight is 272 g/mol. The second kappa shape index (κ2) is 5.68. The number of aliphatic hydroxyl groups is 3. The van der Waals surface area contributed by atoms with Gasteiger partial charge in [-0.15, -0.1) is 0 Å². The van der Waals surface area contributed by atoms with Crippen LogP contribution in [0.5, 0.6) is 0 Å². The van der Waals surface area contributed by atoms with Gasteiger partial charge in [0.2, 0.25) is 0 Å². The molecule has 0 saturated heterocycles. The standard InChI is InChI=1S/C15H28O4/c1-9-4-13(18)14(5-9)19-8-15(2,3)10-6-11(16)12(17)7-10/h9-14,16-18H,4-8H2,1-3H3/t9-,10-,11-,12+,13+,14-/m0/s1. The Balaban J connectivity index is 1.84. The van der Waals surface area contributed by atoms with Crippen molar-refractivity contribution in [3.63, 3.8) is 0 Å². The Labute approximate surface area is 115 Å². The molecule has 0 unspecified atom stereocenters. The van der Waals surface area contributed by atoms with Crippen molar-refractivity contribution in [1.82, 2.24) is 0 Å². The third kappa shape index (κ3) is 3.48. The fraction of sp³-hybridized carbons (Fsp3) is 1.00. The van der Waals surface area contributed by atoms with Gasteiger partial charge in [0.1, 0.15) is 0 Å². The maximum Gasteiger partial charge on any atom is 0.0836 e. The number of hydrogen-bond acceptors (Lipinski definition) is 4. The monoisotopic (exact) mass is 272 g/mol. The summed E-state index contributed by atoms with van der Waals surface area (Å²) in [5.74, 6) is 0.798. The van der Waals surface area contributed by atoms with Crippen LogP contribution >= 0.6 is 0 Å². The van der Waals surface area contributed by atoms with Crippen LogP contribution in [0.2, 0.25) is 0 Å². The molecule has 0 radical (unpaired) electrons. The molecule has 2 aliphatic rings. The first-order valence-corrected chi connectivity index (χ1v) is 7.45. The van der Waals surface area contributed by atoms with E-state index in [1.165, 1.54) is 0 Å². The Morgan fingerprint density at radius 2 is 1.53 bits per heavy atom. The van der Waals surface area contributed by atoms with Gasteiger partial charge in [-0.2, -0.15) is 0 Å². The van der Waals surface area contributed by atoms with E-state index in [2.05, 4.69) is 20.8 Å². The van der Waals surface area contributed by atoms with E-state index < -0.39 is 12.2 Å². The summed E-state index contributed by atoms with van der Waals surface area (Å²) in [4.78, 5) is 0. The van der Waals surface area contributed by atoms with Crippen molar-refractivity contribution in [3.05, 3.63) is 0 Å². The van der Waals surface area contributed by atoms with Gasteiger partial charge in [-0.05, 0) is 42.9 Å². The maximum atomic E-state index is 9.90. The molecule has 2 fully saturated rings. The van der Waals surface area contributed by atoms with E-state index in [0.29, 0.717) is 25.4 Å². The van der Waals surface area contributed by atoms with Gasteiger partial charge in [-0.3, -0.25) is 0 Å². The molecule has 0 bridgehead atoms. The average Bonchev–Trinajstić information content (AvgIpc) is 2.81. The molecule has 0 aromatic carbocycles. The molecule has 2 saturated carbocycles. The molecule has 3 N–H and O–H groups in total. The molecule has 0 amide bonds. The minimum atomic E-state index is -0.596. The highest BCUT2D eigenvalue weighted by Crippen LogP contribution is 2.41. The molecular weight excluding hydrogens is 244 g/mol. The Morgan fingerprint density at radius 1 is 0.947 bits per heavy atom. The lowest BCUT2D eigenvalue weighted by atomic mass is 9.78. The number of hydrogen-bond donors (Lipinski definition) is 3. The van der Waals surface area contributed by atoms with E-state index in [1.807, 2.05) is 0 Å². The first-order valence-electron chi connectivity index (χ1n) is 7.45. The molecule has 0 heterocycles. The summed E-state index contributed by atoms with van der Waals surface area (Å²) in [7, 11) is 0. The smallest absolute Gasteiger partial charge is 0.0836 e. The molecule has 19 heavy (non-hydrogen) atoms. The summed E-state index contributed by atoms with van der Waals surface area (Å²) in [6.07, 6.45) is 1.44. The zero-order chi connectivity index (χ0) is 14.2. The first kappa shape index (κ1) is 15.2. The Hall–Kier alpha value is -0.160. The Morgan fingerprint density at radius 3 is 2.00 bits per heavy atom. The highest BCUT2D eigenvalue weighted by molar-refractivity contribution is 4.91. The molecule has 6 atom stereocenters. The van der Waals surface area contributed by atoms with Crippen molar-refractivity contribution >= 4 is 0 Å². The zero-order valence-corrected chi connectivity index (χ0v) is 12.2. The molecule has 2 rings (SSSR count). The van der Waals surface area contributed by atoms with Gasteiger partial charge < -0.3 is 20.1 Å². The van der Waals surface area contributed by atoms with Gasteiger partial charge in [-0.25, -0.2) is 0 Å². The normalized spacial score (nSPS) is 43.9. The second-order valence-corrected chi connectivity index (χ2v) is 7.28.